The molecule has 0 aliphatic rings. The van der Waals surface area contributed by atoms with Crippen molar-refractivity contribution < 1.29 is 8.78 Å². The van der Waals surface area contributed by atoms with Gasteiger partial charge in [0.25, 0.3) is 0 Å². The summed E-state index contributed by atoms with van der Waals surface area (Å²) < 4.78 is 24.5. The first-order valence-electron chi connectivity index (χ1n) is 2.38. The molecule has 0 unspecified atom stereocenters. The van der Waals surface area contributed by atoms with E-state index in [0.717, 1.165) is 0 Å². The molecule has 0 aliphatic heterocycles. The van der Waals surface area contributed by atoms with Crippen molar-refractivity contribution in [3.8, 4) is 0 Å². The topological polar surface area (TPSA) is 38.9 Å². The van der Waals surface area contributed by atoms with Gasteiger partial charge in [0.15, 0.2) is 11.0 Å². The van der Waals surface area contributed by atoms with Crippen LogP contribution >= 0.6 is 11.6 Å². The molecule has 1 heterocycles. The Hall–Kier alpha value is -0.900. The minimum absolute atomic E-state index is 0.330. The zero-order valence-corrected chi connectivity index (χ0v) is 5.49. The molecule has 0 atom stereocenters. The van der Waals surface area contributed by atoms with Gasteiger partial charge in [0, 0.05) is 6.07 Å². The van der Waals surface area contributed by atoms with Gasteiger partial charge in [0.1, 0.15) is 5.69 Å². The number of nitrogen functional groups attached to an aromatic ring is 1. The molecular formula is C5H3ClF2N2. The third kappa shape index (κ3) is 1.16. The Balaban J connectivity index is 3.31. The Morgan fingerprint density at radius 1 is 1.50 bits per heavy atom. The monoisotopic (exact) mass is 164 g/mol. The highest BCUT2D eigenvalue weighted by atomic mass is 35.5. The molecule has 1 aromatic rings. The van der Waals surface area contributed by atoms with Crippen molar-refractivity contribution in [1.29, 1.82) is 0 Å². The van der Waals surface area contributed by atoms with Gasteiger partial charge >= 0.3 is 0 Å². The Labute approximate surface area is 60.6 Å². The average molecular weight is 165 g/mol. The molecule has 0 fully saturated rings. The van der Waals surface area contributed by atoms with Crippen LogP contribution in [-0.4, -0.2) is 4.98 Å². The zero-order valence-electron chi connectivity index (χ0n) is 4.74. The predicted octanol–water partition coefficient (Wildman–Crippen LogP) is 1.60. The van der Waals surface area contributed by atoms with Crippen molar-refractivity contribution in [1.82, 2.24) is 4.98 Å². The summed E-state index contributed by atoms with van der Waals surface area (Å²) in [4.78, 5) is 3.07. The molecule has 0 radical (unpaired) electrons. The summed E-state index contributed by atoms with van der Waals surface area (Å²) in [5, 5.41) is -0.350. The number of rotatable bonds is 0. The number of aromatic nitrogens is 1. The van der Waals surface area contributed by atoms with E-state index in [0.29, 0.717) is 6.07 Å². The number of anilines is 1. The number of hydrogen-bond acceptors (Lipinski definition) is 2. The summed E-state index contributed by atoms with van der Waals surface area (Å²) in [7, 11) is 0. The Bertz CT molecular complexity index is 241. The lowest BCUT2D eigenvalue weighted by Crippen LogP contribution is -1.96. The fourth-order valence-corrected chi connectivity index (χ4v) is 0.638. The van der Waals surface area contributed by atoms with E-state index < -0.39 is 11.8 Å². The van der Waals surface area contributed by atoms with Gasteiger partial charge < -0.3 is 5.73 Å². The van der Waals surface area contributed by atoms with Gasteiger partial charge in [-0.15, -0.1) is 0 Å². The molecular weight excluding hydrogens is 162 g/mol. The van der Waals surface area contributed by atoms with Crippen molar-refractivity contribution in [2.75, 3.05) is 5.73 Å². The van der Waals surface area contributed by atoms with E-state index in [4.69, 9.17) is 17.3 Å². The summed E-state index contributed by atoms with van der Waals surface area (Å²) in [6.07, 6.45) is 0. The highest BCUT2D eigenvalue weighted by Crippen LogP contribution is 2.18. The van der Waals surface area contributed by atoms with E-state index in [1.54, 1.807) is 0 Å². The molecule has 0 bridgehead atoms. The number of nitrogens with zero attached hydrogens (tertiary/aromatic N) is 1. The first-order valence-corrected chi connectivity index (χ1v) is 2.76. The Kier molecular flexibility index (Phi) is 1.72. The predicted molar refractivity (Wildman–Crippen MR) is 33.6 cm³/mol. The minimum Gasteiger partial charge on any atom is -0.394 e. The van der Waals surface area contributed by atoms with E-state index in [9.17, 15) is 8.78 Å². The molecule has 10 heavy (non-hydrogen) atoms. The van der Waals surface area contributed by atoms with Gasteiger partial charge in [-0.25, -0.2) is 9.37 Å². The number of halogens is 3. The normalized spacial score (nSPS) is 9.90. The highest BCUT2D eigenvalue weighted by Gasteiger charge is 2.06. The number of nitrogens with two attached hydrogens (primary N) is 1. The second kappa shape index (κ2) is 2.38. The number of hydrogen-bond donors (Lipinski definition) is 1. The standard InChI is InChI=1S/C5H3ClF2N2/c6-5-4(9)2(7)1-3(8)10-5/h1H,9H2. The molecule has 1 rings (SSSR count). The molecule has 0 aliphatic carbocycles. The summed E-state index contributed by atoms with van der Waals surface area (Å²) in [6, 6.07) is 0.571. The van der Waals surface area contributed by atoms with Crippen molar-refractivity contribution in [3.63, 3.8) is 0 Å². The quantitative estimate of drug-likeness (QED) is 0.592. The first kappa shape index (κ1) is 7.21. The molecule has 54 valence electrons. The van der Waals surface area contributed by atoms with Crippen LogP contribution in [0.2, 0.25) is 5.15 Å². The molecule has 0 amide bonds. The van der Waals surface area contributed by atoms with Crippen molar-refractivity contribution in [3.05, 3.63) is 23.0 Å². The zero-order chi connectivity index (χ0) is 7.72. The lowest BCUT2D eigenvalue weighted by Gasteiger charge is -1.96. The number of pyridine rings is 1. The van der Waals surface area contributed by atoms with E-state index in [2.05, 4.69) is 4.98 Å². The molecule has 2 nitrogen and oxygen atoms in total. The van der Waals surface area contributed by atoms with Crippen LogP contribution < -0.4 is 5.73 Å². The minimum atomic E-state index is -0.975. The van der Waals surface area contributed by atoms with E-state index in [1.165, 1.54) is 0 Å². The average Bonchev–Trinajstić information content (AvgIpc) is 1.82. The first-order chi connectivity index (χ1) is 4.61. The van der Waals surface area contributed by atoms with Gasteiger partial charge in [-0.3, -0.25) is 0 Å². The third-order valence-electron chi connectivity index (χ3n) is 0.930. The van der Waals surface area contributed by atoms with Crippen LogP contribution in [0.1, 0.15) is 0 Å². The Morgan fingerprint density at radius 3 is 2.60 bits per heavy atom. The summed E-state index contributed by atoms with van der Waals surface area (Å²) in [5.41, 5.74) is 4.68. The fourth-order valence-electron chi connectivity index (χ4n) is 0.467. The van der Waals surface area contributed by atoms with Gasteiger partial charge in [-0.05, 0) is 0 Å². The van der Waals surface area contributed by atoms with E-state index in [1.807, 2.05) is 0 Å². The molecule has 5 heteroatoms. The Morgan fingerprint density at radius 2 is 2.10 bits per heavy atom. The van der Waals surface area contributed by atoms with E-state index >= 15 is 0 Å². The van der Waals surface area contributed by atoms with Crippen LogP contribution in [0.5, 0.6) is 0 Å². The van der Waals surface area contributed by atoms with Crippen molar-refractivity contribution in [2.24, 2.45) is 0 Å². The summed E-state index contributed by atoms with van der Waals surface area (Å²) >= 11 is 5.20. The smallest absolute Gasteiger partial charge is 0.217 e. The molecule has 2 N–H and O–H groups in total. The van der Waals surface area contributed by atoms with Crippen LogP contribution in [0, 0.1) is 11.8 Å². The van der Waals surface area contributed by atoms with Crippen LogP contribution in [0.4, 0.5) is 14.5 Å². The van der Waals surface area contributed by atoms with Gasteiger partial charge in [0.2, 0.25) is 5.95 Å². The van der Waals surface area contributed by atoms with Crippen LogP contribution in [0.3, 0.4) is 0 Å². The summed E-state index contributed by atoms with van der Waals surface area (Å²) in [5.74, 6) is -1.87. The maximum Gasteiger partial charge on any atom is 0.217 e. The molecule has 0 saturated carbocycles. The molecule has 1 aromatic heterocycles. The van der Waals surface area contributed by atoms with E-state index in [-0.39, 0.29) is 10.8 Å². The maximum atomic E-state index is 12.4. The van der Waals surface area contributed by atoms with Crippen molar-refractivity contribution in [2.45, 2.75) is 0 Å². The molecule has 0 aromatic carbocycles. The van der Waals surface area contributed by atoms with Crippen LogP contribution in [-0.2, 0) is 0 Å². The van der Waals surface area contributed by atoms with Crippen LogP contribution in [0.25, 0.3) is 0 Å². The second-order valence-corrected chi connectivity index (χ2v) is 1.99. The van der Waals surface area contributed by atoms with Gasteiger partial charge in [0.05, 0.1) is 0 Å². The van der Waals surface area contributed by atoms with Gasteiger partial charge in [-0.2, -0.15) is 4.39 Å². The lowest BCUT2D eigenvalue weighted by atomic mass is 10.4. The molecule has 0 spiro atoms. The van der Waals surface area contributed by atoms with Gasteiger partial charge in [-0.1, -0.05) is 11.6 Å². The SMILES string of the molecule is Nc1c(F)cc(F)nc1Cl. The largest absolute Gasteiger partial charge is 0.394 e. The fraction of sp³-hybridized carbons (Fsp3) is 0. The summed E-state index contributed by atoms with van der Waals surface area (Å²) in [6.45, 7) is 0. The highest BCUT2D eigenvalue weighted by molar-refractivity contribution is 6.31. The third-order valence-corrected chi connectivity index (χ3v) is 1.22. The van der Waals surface area contributed by atoms with Crippen LogP contribution in [0.15, 0.2) is 6.07 Å². The second-order valence-electron chi connectivity index (χ2n) is 1.63. The lowest BCUT2D eigenvalue weighted by molar-refractivity contribution is 0.555. The maximum absolute atomic E-state index is 12.4. The molecule has 0 saturated heterocycles. The van der Waals surface area contributed by atoms with Crippen molar-refractivity contribution >= 4 is 17.3 Å².